The minimum atomic E-state index is -0.693. The lowest BCUT2D eigenvalue weighted by molar-refractivity contribution is -0.146. The highest BCUT2D eigenvalue weighted by atomic mass is 16.5. The highest BCUT2D eigenvalue weighted by Gasteiger charge is 2.45. The van der Waals surface area contributed by atoms with Gasteiger partial charge in [0.25, 0.3) is 0 Å². The second-order valence-electron chi connectivity index (χ2n) is 9.94. The number of ether oxygens (including phenoxy) is 3. The topological polar surface area (TPSA) is 74.2 Å². The first kappa shape index (κ1) is 26.4. The Morgan fingerprint density at radius 3 is 2.33 bits per heavy atom. The van der Waals surface area contributed by atoms with Crippen molar-refractivity contribution >= 4 is 17.5 Å². The van der Waals surface area contributed by atoms with Gasteiger partial charge in [-0.2, -0.15) is 0 Å². The van der Waals surface area contributed by atoms with Gasteiger partial charge in [-0.3, -0.25) is 14.6 Å². The Morgan fingerprint density at radius 2 is 1.64 bits per heavy atom. The molecule has 39 heavy (non-hydrogen) atoms. The number of carbonyl (C=O) groups is 2. The van der Waals surface area contributed by atoms with E-state index in [9.17, 15) is 9.59 Å². The lowest BCUT2D eigenvalue weighted by atomic mass is 9.69. The smallest absolute Gasteiger partial charge is 0.315 e. The minimum Gasteiger partial charge on any atom is -0.493 e. The molecular formula is C33H33NO5. The molecule has 1 aliphatic carbocycles. The molecule has 0 saturated heterocycles. The number of methoxy groups -OCH3 is 1. The third kappa shape index (κ3) is 5.51. The van der Waals surface area contributed by atoms with Crippen LogP contribution in [0.25, 0.3) is 0 Å². The molecule has 2 aliphatic rings. The number of esters is 1. The van der Waals surface area contributed by atoms with Crippen molar-refractivity contribution in [2.75, 3.05) is 13.7 Å². The number of hydrogen-bond acceptors (Lipinski definition) is 6. The van der Waals surface area contributed by atoms with Crippen LogP contribution in [0.2, 0.25) is 0 Å². The van der Waals surface area contributed by atoms with Gasteiger partial charge in [0.1, 0.15) is 12.5 Å². The van der Waals surface area contributed by atoms with E-state index >= 15 is 0 Å². The van der Waals surface area contributed by atoms with Crippen LogP contribution in [0.3, 0.4) is 0 Å². The number of benzene rings is 3. The van der Waals surface area contributed by atoms with Gasteiger partial charge in [-0.15, -0.1) is 0 Å². The quantitative estimate of drug-likeness (QED) is 0.319. The van der Waals surface area contributed by atoms with E-state index in [0.717, 1.165) is 22.4 Å². The van der Waals surface area contributed by atoms with E-state index in [1.807, 2.05) is 73.7 Å². The normalized spacial score (nSPS) is 20.6. The first-order valence-corrected chi connectivity index (χ1v) is 13.4. The Labute approximate surface area is 229 Å². The van der Waals surface area contributed by atoms with Crippen molar-refractivity contribution in [3.8, 4) is 11.5 Å². The van der Waals surface area contributed by atoms with Crippen LogP contribution in [0.5, 0.6) is 11.5 Å². The fourth-order valence-electron chi connectivity index (χ4n) is 5.65. The van der Waals surface area contributed by atoms with Gasteiger partial charge in [0.2, 0.25) is 0 Å². The van der Waals surface area contributed by atoms with Crippen molar-refractivity contribution in [2.24, 2.45) is 10.9 Å². The molecule has 3 aromatic rings. The van der Waals surface area contributed by atoms with E-state index in [4.69, 9.17) is 19.2 Å². The molecule has 0 saturated carbocycles. The van der Waals surface area contributed by atoms with Gasteiger partial charge < -0.3 is 14.2 Å². The summed E-state index contributed by atoms with van der Waals surface area (Å²) in [6.45, 7) is 4.28. The molecule has 1 aliphatic heterocycles. The summed E-state index contributed by atoms with van der Waals surface area (Å²) in [5.74, 6) is -0.386. The van der Waals surface area contributed by atoms with Crippen LogP contribution >= 0.6 is 0 Å². The zero-order chi connectivity index (χ0) is 27.4. The lowest BCUT2D eigenvalue weighted by Crippen LogP contribution is -2.38. The summed E-state index contributed by atoms with van der Waals surface area (Å²) in [7, 11) is 1.59. The van der Waals surface area contributed by atoms with Gasteiger partial charge in [0.15, 0.2) is 17.3 Å². The predicted octanol–water partition coefficient (Wildman–Crippen LogP) is 6.41. The number of aliphatic imine (C=N–C) groups is 1. The Hall–Kier alpha value is -4.19. The molecule has 1 heterocycles. The van der Waals surface area contributed by atoms with Crippen LogP contribution in [0, 0.1) is 5.92 Å². The molecular weight excluding hydrogens is 490 g/mol. The van der Waals surface area contributed by atoms with E-state index in [1.54, 1.807) is 14.0 Å². The first-order valence-electron chi connectivity index (χ1n) is 13.4. The van der Waals surface area contributed by atoms with Gasteiger partial charge in [0.05, 0.1) is 13.7 Å². The second-order valence-corrected chi connectivity index (χ2v) is 9.94. The zero-order valence-electron chi connectivity index (χ0n) is 22.6. The standard InChI is InChI=1S/C33H33NO5/c1-4-38-33(36)30-21(2)34-26-17-25(23-13-9-6-10-14-23)18-27(35)32(26)31(30)24-15-16-28(29(19-24)37-3)39-20-22-11-7-5-8-12-22/h5-16,19,25,30-31H,4,17-18,20H2,1-3H3/t25-,30?,31-/m0/s1. The Balaban J connectivity index is 1.53. The van der Waals surface area contributed by atoms with Crippen molar-refractivity contribution in [3.63, 3.8) is 0 Å². The molecule has 0 radical (unpaired) electrons. The molecule has 0 spiro atoms. The van der Waals surface area contributed by atoms with Gasteiger partial charge in [-0.25, -0.2) is 0 Å². The molecule has 6 nitrogen and oxygen atoms in total. The molecule has 0 amide bonds. The Kier molecular flexibility index (Phi) is 7.92. The van der Waals surface area contributed by atoms with Crippen molar-refractivity contribution in [1.82, 2.24) is 0 Å². The highest BCUT2D eigenvalue weighted by Crippen LogP contribution is 2.48. The zero-order valence-corrected chi connectivity index (χ0v) is 22.6. The molecule has 3 aromatic carbocycles. The van der Waals surface area contributed by atoms with Crippen LogP contribution in [0.1, 0.15) is 55.2 Å². The first-order chi connectivity index (χ1) is 19.0. The van der Waals surface area contributed by atoms with Crippen molar-refractivity contribution < 1.29 is 23.8 Å². The van der Waals surface area contributed by atoms with Crippen molar-refractivity contribution in [1.29, 1.82) is 0 Å². The van der Waals surface area contributed by atoms with Gasteiger partial charge in [-0.1, -0.05) is 66.7 Å². The fourth-order valence-corrected chi connectivity index (χ4v) is 5.65. The van der Waals surface area contributed by atoms with Crippen LogP contribution < -0.4 is 9.47 Å². The number of allylic oxidation sites excluding steroid dienone is 2. The number of ketones is 1. The van der Waals surface area contributed by atoms with Gasteiger partial charge >= 0.3 is 5.97 Å². The van der Waals surface area contributed by atoms with Crippen LogP contribution in [-0.2, 0) is 20.9 Å². The van der Waals surface area contributed by atoms with E-state index < -0.39 is 11.8 Å². The van der Waals surface area contributed by atoms with Crippen LogP contribution in [0.4, 0.5) is 0 Å². The summed E-state index contributed by atoms with van der Waals surface area (Å²) >= 11 is 0. The third-order valence-electron chi connectivity index (χ3n) is 7.48. The SMILES string of the molecule is CCOC(=O)C1C(C)=NC2=C(C(=O)C[C@@H](c3ccccc3)C2)[C@H]1c1ccc(OCc2ccccc2)c(OC)c1. The molecule has 0 aromatic heterocycles. The molecule has 0 fully saturated rings. The van der Waals surface area contributed by atoms with Crippen LogP contribution in [0.15, 0.2) is 95.1 Å². The molecule has 0 bridgehead atoms. The molecule has 1 unspecified atom stereocenters. The molecule has 3 atom stereocenters. The minimum absolute atomic E-state index is 0.0176. The molecule has 0 N–H and O–H groups in total. The number of nitrogens with zero attached hydrogens (tertiary/aromatic N) is 1. The van der Waals surface area contributed by atoms with Crippen LogP contribution in [-0.4, -0.2) is 31.2 Å². The largest absolute Gasteiger partial charge is 0.493 e. The molecule has 5 rings (SSSR count). The van der Waals surface area contributed by atoms with Crippen molar-refractivity contribution in [3.05, 3.63) is 107 Å². The third-order valence-corrected chi connectivity index (χ3v) is 7.48. The summed E-state index contributed by atoms with van der Waals surface area (Å²) in [5.41, 5.74) is 4.97. The average Bonchev–Trinajstić information content (AvgIpc) is 2.96. The Bertz CT molecular complexity index is 1410. The number of Topliss-reactive ketones (excluding diaryl/α,β-unsaturated/α-hetero) is 1. The lowest BCUT2D eigenvalue weighted by Gasteiger charge is -2.36. The number of rotatable bonds is 8. The maximum atomic E-state index is 13.8. The average molecular weight is 524 g/mol. The number of hydrogen-bond donors (Lipinski definition) is 0. The van der Waals surface area contributed by atoms with E-state index in [0.29, 0.717) is 42.2 Å². The highest BCUT2D eigenvalue weighted by molar-refractivity contribution is 6.09. The van der Waals surface area contributed by atoms with E-state index in [2.05, 4.69) is 12.1 Å². The summed E-state index contributed by atoms with van der Waals surface area (Å²) < 4.78 is 17.2. The molecule has 6 heteroatoms. The van der Waals surface area contributed by atoms with Gasteiger partial charge in [-0.05, 0) is 55.0 Å². The maximum Gasteiger partial charge on any atom is 0.315 e. The van der Waals surface area contributed by atoms with E-state index in [1.165, 1.54) is 0 Å². The predicted molar refractivity (Wildman–Crippen MR) is 150 cm³/mol. The summed E-state index contributed by atoms with van der Waals surface area (Å²) in [6, 6.07) is 25.6. The molecule has 200 valence electrons. The van der Waals surface area contributed by atoms with E-state index in [-0.39, 0.29) is 24.3 Å². The number of carbonyl (C=O) groups excluding carboxylic acids is 2. The van der Waals surface area contributed by atoms with Crippen molar-refractivity contribution in [2.45, 2.75) is 45.1 Å². The second kappa shape index (κ2) is 11.7. The summed E-state index contributed by atoms with van der Waals surface area (Å²) in [6.07, 6.45) is 1.02. The monoisotopic (exact) mass is 523 g/mol. The van der Waals surface area contributed by atoms with Gasteiger partial charge in [0, 0.05) is 29.3 Å². The summed E-state index contributed by atoms with van der Waals surface area (Å²) in [4.78, 5) is 31.9. The summed E-state index contributed by atoms with van der Waals surface area (Å²) in [5, 5.41) is 0. The Morgan fingerprint density at radius 1 is 0.923 bits per heavy atom. The maximum absolute atomic E-state index is 13.8. The fraction of sp³-hybridized carbons (Fsp3) is 0.303.